The minimum absolute atomic E-state index is 0. The summed E-state index contributed by atoms with van der Waals surface area (Å²) in [5, 5.41) is 0.497. The molecule has 0 unspecified atom stereocenters. The summed E-state index contributed by atoms with van der Waals surface area (Å²) in [6.07, 6.45) is 0. The molecule has 0 nitrogen and oxygen atoms in total. The molecule has 0 saturated heterocycles. The second-order valence-corrected chi connectivity index (χ2v) is 23.1. The Labute approximate surface area is 240 Å². The molecule has 0 aliphatic carbocycles. The van der Waals surface area contributed by atoms with E-state index in [2.05, 4.69) is 162 Å². The van der Waals surface area contributed by atoms with E-state index < -0.39 is 8.07 Å². The molecule has 0 saturated carbocycles. The van der Waals surface area contributed by atoms with Crippen molar-refractivity contribution in [3.8, 4) is 0 Å². The van der Waals surface area contributed by atoms with Gasteiger partial charge in [0.1, 0.15) is 0 Å². The van der Waals surface area contributed by atoms with Gasteiger partial charge in [-0.15, -0.1) is 0 Å². The average Bonchev–Trinajstić information content (AvgIpc) is 2.67. The lowest BCUT2D eigenvalue weighted by Crippen LogP contribution is -2.49. The standard InChI is InChI=1S/C18H40Si.C10H23Si.C6H14.2H2/c1-14(2)17(7,8)16(5,6)13-19(11,12)18(9,10)15(3)4;1-8(2)10(5,6)9(3,4)7-11;1-5(2)6(3)4;;/h14-15H,13H2,1-12H3;8H,7,11H2,1-6H3;5-6H,1-4H3;2*1H. The first-order valence-electron chi connectivity index (χ1n) is 15.3. The Morgan fingerprint density at radius 3 is 0.972 bits per heavy atom. The Bertz CT molecular complexity index is 560. The van der Waals surface area contributed by atoms with E-state index in [1.165, 1.54) is 12.1 Å². The van der Waals surface area contributed by atoms with Gasteiger partial charge in [0.2, 0.25) is 0 Å². The van der Waals surface area contributed by atoms with Crippen LogP contribution in [0.4, 0.5) is 0 Å². The van der Waals surface area contributed by atoms with Crippen LogP contribution in [0.2, 0.25) is 30.2 Å². The molecular weight excluding hydrogens is 465 g/mol. The van der Waals surface area contributed by atoms with Gasteiger partial charge in [0.25, 0.3) is 0 Å². The summed E-state index contributed by atoms with van der Waals surface area (Å²) in [6, 6.07) is 2.70. The van der Waals surface area contributed by atoms with Crippen LogP contribution in [0.5, 0.6) is 0 Å². The zero-order valence-electron chi connectivity index (χ0n) is 30.0. The van der Waals surface area contributed by atoms with Crippen molar-refractivity contribution in [3.63, 3.8) is 0 Å². The van der Waals surface area contributed by atoms with E-state index >= 15 is 0 Å². The summed E-state index contributed by atoms with van der Waals surface area (Å²) in [5.74, 6) is 3.97. The van der Waals surface area contributed by atoms with Crippen LogP contribution in [0, 0.1) is 51.2 Å². The van der Waals surface area contributed by atoms with Gasteiger partial charge < -0.3 is 0 Å². The molecule has 36 heavy (non-hydrogen) atoms. The first-order valence-corrected chi connectivity index (χ1v) is 19.5. The van der Waals surface area contributed by atoms with Crippen molar-refractivity contribution in [3.05, 3.63) is 0 Å². The lowest BCUT2D eigenvalue weighted by atomic mass is 9.63. The van der Waals surface area contributed by atoms with Crippen LogP contribution >= 0.6 is 0 Å². The van der Waals surface area contributed by atoms with Crippen molar-refractivity contribution < 1.29 is 2.85 Å². The van der Waals surface area contributed by atoms with Gasteiger partial charge in [-0.25, -0.2) is 0 Å². The maximum absolute atomic E-state index is 2.60. The molecule has 0 heterocycles. The van der Waals surface area contributed by atoms with Crippen LogP contribution in [0.1, 0.15) is 141 Å². The smallest absolute Gasteiger partial charge is 0.0538 e. The molecule has 0 fully saturated rings. The van der Waals surface area contributed by atoms with Crippen LogP contribution in [0.25, 0.3) is 0 Å². The predicted octanol–water partition coefficient (Wildman–Crippen LogP) is 12.4. The Morgan fingerprint density at radius 1 is 0.528 bits per heavy atom. The summed E-state index contributed by atoms with van der Waals surface area (Å²) in [5.41, 5.74) is 1.72. The van der Waals surface area contributed by atoms with Gasteiger partial charge in [-0.3, -0.25) is 0 Å². The van der Waals surface area contributed by atoms with Gasteiger partial charge in [0.05, 0.1) is 8.07 Å². The van der Waals surface area contributed by atoms with Gasteiger partial charge in [0.15, 0.2) is 0 Å². The lowest BCUT2D eigenvalue weighted by molar-refractivity contribution is 0.0712. The van der Waals surface area contributed by atoms with Crippen molar-refractivity contribution in [1.82, 2.24) is 0 Å². The van der Waals surface area contributed by atoms with Gasteiger partial charge in [-0.05, 0) is 56.3 Å². The zero-order valence-corrected chi connectivity index (χ0v) is 32.4. The number of hydrogen-bond donors (Lipinski definition) is 0. The normalized spacial score (nSPS) is 14.3. The van der Waals surface area contributed by atoms with Gasteiger partial charge in [-0.1, -0.05) is 164 Å². The van der Waals surface area contributed by atoms with Crippen LogP contribution in [0.3, 0.4) is 0 Å². The fraction of sp³-hybridized carbons (Fsp3) is 1.00. The van der Waals surface area contributed by atoms with Crippen LogP contribution in [-0.4, -0.2) is 18.3 Å². The minimum Gasteiger partial charge on any atom is -0.0689 e. The van der Waals surface area contributed by atoms with Crippen LogP contribution < -0.4 is 0 Å². The van der Waals surface area contributed by atoms with E-state index in [1.807, 2.05) is 0 Å². The second-order valence-electron chi connectivity index (χ2n) is 17.2. The maximum Gasteiger partial charge on any atom is 0.0538 e. The molecule has 0 aliphatic rings. The molecule has 0 aromatic heterocycles. The van der Waals surface area contributed by atoms with Gasteiger partial charge >= 0.3 is 0 Å². The molecule has 0 aromatic carbocycles. The van der Waals surface area contributed by atoms with E-state index in [0.29, 0.717) is 26.7 Å². The summed E-state index contributed by atoms with van der Waals surface area (Å²) >= 11 is 0. The summed E-state index contributed by atoms with van der Waals surface area (Å²) < 4.78 is 0. The third-order valence-electron chi connectivity index (χ3n) is 12.4. The maximum atomic E-state index is 2.60. The van der Waals surface area contributed by atoms with Gasteiger partial charge in [-0.2, -0.15) is 0 Å². The Morgan fingerprint density at radius 2 is 0.806 bits per heavy atom. The van der Waals surface area contributed by atoms with E-state index in [9.17, 15) is 0 Å². The molecular formula is C34H81Si2. The van der Waals surface area contributed by atoms with Crippen LogP contribution in [0.15, 0.2) is 0 Å². The number of hydrogen-bond acceptors (Lipinski definition) is 0. The monoisotopic (exact) mass is 546 g/mol. The van der Waals surface area contributed by atoms with E-state index in [-0.39, 0.29) is 2.85 Å². The first kappa shape index (κ1) is 40.9. The van der Waals surface area contributed by atoms with E-state index in [0.717, 1.165) is 29.6 Å². The fourth-order valence-electron chi connectivity index (χ4n) is 4.23. The Kier molecular flexibility index (Phi) is 16.7. The molecule has 0 bridgehead atoms. The molecule has 0 aliphatic heterocycles. The minimum atomic E-state index is -1.29. The van der Waals surface area contributed by atoms with Crippen molar-refractivity contribution in [2.75, 3.05) is 0 Å². The highest BCUT2D eigenvalue weighted by molar-refractivity contribution is 6.80. The third kappa shape index (κ3) is 11.3. The van der Waals surface area contributed by atoms with Gasteiger partial charge in [0, 0.05) is 13.1 Å². The quantitative estimate of drug-likeness (QED) is 0.239. The number of rotatable bonds is 10. The molecule has 0 atom stereocenters. The molecule has 2 heteroatoms. The van der Waals surface area contributed by atoms with E-state index in [4.69, 9.17) is 0 Å². The van der Waals surface area contributed by atoms with Crippen molar-refractivity contribution in [2.24, 2.45) is 51.2 Å². The molecule has 0 rings (SSSR count). The highest BCUT2D eigenvalue weighted by atomic mass is 28.3. The zero-order chi connectivity index (χ0) is 30.3. The Hall–Kier alpha value is 0.434. The summed E-state index contributed by atoms with van der Waals surface area (Å²) in [6.45, 7) is 52.8. The van der Waals surface area contributed by atoms with E-state index in [1.54, 1.807) is 0 Å². The Balaban J connectivity index is -0.000000162. The molecule has 1 radical (unpaired) electrons. The largest absolute Gasteiger partial charge is 0.0689 e. The fourth-order valence-corrected chi connectivity index (χ4v) is 9.56. The predicted molar refractivity (Wildman–Crippen MR) is 183 cm³/mol. The molecule has 0 aromatic rings. The second kappa shape index (κ2) is 14.7. The van der Waals surface area contributed by atoms with Crippen molar-refractivity contribution in [2.45, 2.75) is 169 Å². The average molecular weight is 546 g/mol. The van der Waals surface area contributed by atoms with Crippen molar-refractivity contribution >= 4 is 18.3 Å². The van der Waals surface area contributed by atoms with Crippen LogP contribution in [-0.2, 0) is 0 Å². The third-order valence-corrected chi connectivity index (χ3v) is 19.5. The molecule has 0 amide bonds. The molecule has 225 valence electrons. The highest BCUT2D eigenvalue weighted by Crippen LogP contribution is 2.55. The molecule has 0 N–H and O–H groups in total. The molecule has 0 spiro atoms. The SMILES string of the molecule is CC(C)C(C)(C)C(C)(C)C[SiH2].CC(C)C(C)(C)C(C)(C)C[Si](C)(C)C(C)(C)C(C)C.CC(C)C(C)C.[HH].[HH]. The summed E-state index contributed by atoms with van der Waals surface area (Å²) in [4.78, 5) is 0. The summed E-state index contributed by atoms with van der Waals surface area (Å²) in [7, 11) is 0.805. The lowest BCUT2D eigenvalue weighted by Gasteiger charge is -2.53. The van der Waals surface area contributed by atoms with Crippen molar-refractivity contribution in [1.29, 1.82) is 0 Å². The highest BCUT2D eigenvalue weighted by Gasteiger charge is 2.49. The topological polar surface area (TPSA) is 0 Å². The first-order chi connectivity index (χ1) is 15.5.